The molecule has 20 heavy (non-hydrogen) atoms. The van der Waals surface area contributed by atoms with Crippen LogP contribution in [0.1, 0.15) is 16.7 Å². The Bertz CT molecular complexity index is 579. The molecule has 0 heterocycles. The number of hydrogen-bond acceptors (Lipinski definition) is 4. The van der Waals surface area contributed by atoms with E-state index < -0.39 is 0 Å². The Morgan fingerprint density at radius 1 is 1.10 bits per heavy atom. The maximum Gasteiger partial charge on any atom is 0.119 e. The average Bonchev–Trinajstić information content (AvgIpc) is 2.53. The molecule has 2 aromatic carbocycles. The number of ether oxygens (including phenoxy) is 1. The highest BCUT2D eigenvalue weighted by atomic mass is 16.5. The van der Waals surface area contributed by atoms with Crippen LogP contribution in [0.25, 0.3) is 0 Å². The molecule has 0 fully saturated rings. The van der Waals surface area contributed by atoms with Crippen LogP contribution >= 0.6 is 0 Å². The second-order valence-corrected chi connectivity index (χ2v) is 4.47. The van der Waals surface area contributed by atoms with Crippen LogP contribution in [-0.2, 0) is 13.2 Å². The van der Waals surface area contributed by atoms with E-state index in [0.717, 1.165) is 22.4 Å². The highest BCUT2D eigenvalue weighted by Crippen LogP contribution is 2.15. The van der Waals surface area contributed by atoms with Crippen LogP contribution in [-0.4, -0.2) is 17.4 Å². The number of benzene rings is 2. The Kier molecular flexibility index (Phi) is 4.87. The SMILES string of the molecule is N=C(CN)c1ccc(OCc2cccc(CO)c2)cc1. The lowest BCUT2D eigenvalue weighted by molar-refractivity contribution is 0.280. The van der Waals surface area contributed by atoms with E-state index in [1.54, 1.807) is 0 Å². The van der Waals surface area contributed by atoms with Gasteiger partial charge in [-0.1, -0.05) is 24.3 Å². The second-order valence-electron chi connectivity index (χ2n) is 4.47. The maximum atomic E-state index is 9.08. The summed E-state index contributed by atoms with van der Waals surface area (Å²) < 4.78 is 5.68. The zero-order chi connectivity index (χ0) is 14.4. The Morgan fingerprint density at radius 2 is 1.80 bits per heavy atom. The van der Waals surface area contributed by atoms with Gasteiger partial charge in [0, 0.05) is 6.54 Å². The standard InChI is InChI=1S/C16H18N2O2/c17-9-16(18)14-4-6-15(7-5-14)20-11-13-3-1-2-12(8-13)10-19/h1-8,18-19H,9-11,17H2. The van der Waals surface area contributed by atoms with Crippen molar-refractivity contribution >= 4 is 5.71 Å². The molecule has 2 rings (SSSR count). The summed E-state index contributed by atoms with van der Waals surface area (Å²) in [7, 11) is 0. The van der Waals surface area contributed by atoms with Crippen molar-refractivity contribution in [3.05, 3.63) is 65.2 Å². The van der Waals surface area contributed by atoms with E-state index in [1.807, 2.05) is 48.5 Å². The van der Waals surface area contributed by atoms with Gasteiger partial charge in [-0.3, -0.25) is 0 Å². The largest absolute Gasteiger partial charge is 0.489 e. The van der Waals surface area contributed by atoms with Crippen LogP contribution in [0, 0.1) is 5.41 Å². The Balaban J connectivity index is 1.98. The van der Waals surface area contributed by atoms with Crippen molar-refractivity contribution in [2.45, 2.75) is 13.2 Å². The van der Waals surface area contributed by atoms with Gasteiger partial charge in [-0.2, -0.15) is 0 Å². The monoisotopic (exact) mass is 270 g/mol. The first-order valence-electron chi connectivity index (χ1n) is 6.42. The van der Waals surface area contributed by atoms with Crippen molar-refractivity contribution in [2.24, 2.45) is 5.73 Å². The van der Waals surface area contributed by atoms with E-state index >= 15 is 0 Å². The summed E-state index contributed by atoms with van der Waals surface area (Å²) >= 11 is 0. The third kappa shape index (κ3) is 3.66. The first kappa shape index (κ1) is 14.2. The van der Waals surface area contributed by atoms with E-state index in [1.165, 1.54) is 0 Å². The molecule has 0 aliphatic carbocycles. The fourth-order valence-corrected chi connectivity index (χ4v) is 1.85. The fourth-order valence-electron chi connectivity index (χ4n) is 1.85. The molecule has 104 valence electrons. The molecular formula is C16H18N2O2. The van der Waals surface area contributed by atoms with Crippen LogP contribution in [0.4, 0.5) is 0 Å². The lowest BCUT2D eigenvalue weighted by Crippen LogP contribution is -2.13. The average molecular weight is 270 g/mol. The topological polar surface area (TPSA) is 79.3 Å². The molecule has 4 nitrogen and oxygen atoms in total. The van der Waals surface area contributed by atoms with Gasteiger partial charge in [0.15, 0.2) is 0 Å². The number of nitrogens with one attached hydrogen (secondary N) is 1. The van der Waals surface area contributed by atoms with Gasteiger partial charge < -0.3 is 21.0 Å². The molecule has 0 aromatic heterocycles. The smallest absolute Gasteiger partial charge is 0.119 e. The number of hydrogen-bond donors (Lipinski definition) is 3. The lowest BCUT2D eigenvalue weighted by Gasteiger charge is -2.08. The molecule has 0 amide bonds. The van der Waals surface area contributed by atoms with Crippen molar-refractivity contribution in [1.82, 2.24) is 0 Å². The maximum absolute atomic E-state index is 9.08. The number of aliphatic hydroxyl groups is 1. The van der Waals surface area contributed by atoms with Crippen molar-refractivity contribution < 1.29 is 9.84 Å². The first-order chi connectivity index (χ1) is 9.72. The van der Waals surface area contributed by atoms with E-state index in [2.05, 4.69) is 0 Å². The molecule has 0 aliphatic heterocycles. The summed E-state index contributed by atoms with van der Waals surface area (Å²) in [5.74, 6) is 0.743. The van der Waals surface area contributed by atoms with Gasteiger partial charge in [0.05, 0.1) is 12.3 Å². The summed E-state index contributed by atoms with van der Waals surface area (Å²) in [6.45, 7) is 0.708. The van der Waals surface area contributed by atoms with Crippen LogP contribution in [0.2, 0.25) is 0 Å². The quantitative estimate of drug-likeness (QED) is 0.703. The normalized spacial score (nSPS) is 10.3. The zero-order valence-electron chi connectivity index (χ0n) is 11.2. The van der Waals surface area contributed by atoms with Gasteiger partial charge in [0.25, 0.3) is 0 Å². The molecule has 0 bridgehead atoms. The van der Waals surface area contributed by atoms with E-state index in [-0.39, 0.29) is 13.2 Å². The van der Waals surface area contributed by atoms with Crippen molar-refractivity contribution in [2.75, 3.05) is 6.54 Å². The number of nitrogens with two attached hydrogens (primary N) is 1. The third-order valence-electron chi connectivity index (χ3n) is 2.99. The number of rotatable bonds is 6. The van der Waals surface area contributed by atoms with Gasteiger partial charge in [0.1, 0.15) is 12.4 Å². The van der Waals surface area contributed by atoms with E-state index in [9.17, 15) is 0 Å². The van der Waals surface area contributed by atoms with Gasteiger partial charge >= 0.3 is 0 Å². The first-order valence-corrected chi connectivity index (χ1v) is 6.42. The fraction of sp³-hybridized carbons (Fsp3) is 0.188. The minimum absolute atomic E-state index is 0.0315. The van der Waals surface area contributed by atoms with Gasteiger partial charge in [-0.15, -0.1) is 0 Å². The highest BCUT2D eigenvalue weighted by Gasteiger charge is 2.01. The molecular weight excluding hydrogens is 252 g/mol. The number of aliphatic hydroxyl groups excluding tert-OH is 1. The van der Waals surface area contributed by atoms with E-state index in [4.69, 9.17) is 21.0 Å². The molecule has 4 N–H and O–H groups in total. The van der Waals surface area contributed by atoms with Crippen LogP contribution in [0.5, 0.6) is 5.75 Å². The predicted octanol–water partition coefficient (Wildman–Crippen LogP) is 2.08. The third-order valence-corrected chi connectivity index (χ3v) is 2.99. The lowest BCUT2D eigenvalue weighted by atomic mass is 10.1. The van der Waals surface area contributed by atoms with Crippen molar-refractivity contribution in [3.63, 3.8) is 0 Å². The Morgan fingerprint density at radius 3 is 2.45 bits per heavy atom. The highest BCUT2D eigenvalue weighted by molar-refractivity contribution is 5.99. The summed E-state index contributed by atoms with van der Waals surface area (Å²) in [6, 6.07) is 15.0. The Labute approximate surface area is 118 Å². The molecule has 0 atom stereocenters. The summed E-state index contributed by atoms with van der Waals surface area (Å²) in [6.07, 6.45) is 0. The minimum Gasteiger partial charge on any atom is -0.489 e. The van der Waals surface area contributed by atoms with Crippen LogP contribution < -0.4 is 10.5 Å². The molecule has 4 heteroatoms. The van der Waals surface area contributed by atoms with Gasteiger partial charge in [-0.05, 0) is 41.0 Å². The zero-order valence-corrected chi connectivity index (χ0v) is 11.2. The predicted molar refractivity (Wildman–Crippen MR) is 79.0 cm³/mol. The van der Waals surface area contributed by atoms with Crippen molar-refractivity contribution in [1.29, 1.82) is 5.41 Å². The minimum atomic E-state index is 0.0315. The molecule has 2 aromatic rings. The van der Waals surface area contributed by atoms with Crippen LogP contribution in [0.3, 0.4) is 0 Å². The molecule has 0 radical (unpaired) electrons. The molecule has 0 saturated carbocycles. The molecule has 0 aliphatic rings. The van der Waals surface area contributed by atoms with Gasteiger partial charge in [0.2, 0.25) is 0 Å². The Hall–Kier alpha value is -2.17. The van der Waals surface area contributed by atoms with E-state index in [0.29, 0.717) is 12.3 Å². The molecule has 0 spiro atoms. The van der Waals surface area contributed by atoms with Crippen LogP contribution in [0.15, 0.2) is 48.5 Å². The van der Waals surface area contributed by atoms with Crippen molar-refractivity contribution in [3.8, 4) is 5.75 Å². The summed E-state index contributed by atoms with van der Waals surface area (Å²) in [5, 5.41) is 16.7. The molecule has 0 unspecified atom stereocenters. The van der Waals surface area contributed by atoms with Gasteiger partial charge in [-0.25, -0.2) is 0 Å². The molecule has 0 saturated heterocycles. The summed E-state index contributed by atoms with van der Waals surface area (Å²) in [5.41, 5.74) is 8.53. The second kappa shape index (κ2) is 6.84. The summed E-state index contributed by atoms with van der Waals surface area (Å²) in [4.78, 5) is 0.